The summed E-state index contributed by atoms with van der Waals surface area (Å²) in [6.45, 7) is 0. The van der Waals surface area contributed by atoms with E-state index < -0.39 is 0 Å². The van der Waals surface area contributed by atoms with Gasteiger partial charge in [-0.15, -0.1) is 0 Å². The van der Waals surface area contributed by atoms with Crippen molar-refractivity contribution in [2.75, 3.05) is 0 Å². The van der Waals surface area contributed by atoms with Gasteiger partial charge in [0, 0.05) is 0 Å². The molecule has 0 amide bonds. The minimum absolute atomic E-state index is 0.641. The molecule has 2 aromatic carbocycles. The Hall–Kier alpha value is -2.08. The highest BCUT2D eigenvalue weighted by atomic mass is 14.5. The zero-order chi connectivity index (χ0) is 14.1. The molecule has 2 atom stereocenters. The molecular formula is C21H20. The molecule has 2 aliphatic rings. The van der Waals surface area contributed by atoms with Gasteiger partial charge in [0.05, 0.1) is 0 Å². The van der Waals surface area contributed by atoms with Gasteiger partial charge < -0.3 is 0 Å². The molecular weight excluding hydrogens is 252 g/mol. The second-order valence-electron chi connectivity index (χ2n) is 6.08. The Morgan fingerprint density at radius 3 is 1.67 bits per heavy atom. The van der Waals surface area contributed by atoms with E-state index in [0.717, 1.165) is 0 Å². The lowest BCUT2D eigenvalue weighted by molar-refractivity contribution is 0.903. The van der Waals surface area contributed by atoms with E-state index in [1.54, 1.807) is 5.57 Å². The highest BCUT2D eigenvalue weighted by Gasteiger charge is 2.52. The van der Waals surface area contributed by atoms with E-state index in [4.69, 9.17) is 0 Å². The monoisotopic (exact) mass is 272 g/mol. The van der Waals surface area contributed by atoms with Gasteiger partial charge in [0.2, 0.25) is 0 Å². The number of allylic oxidation sites excluding steroid dienone is 4. The first-order valence-electron chi connectivity index (χ1n) is 7.91. The number of hydrogen-bond donors (Lipinski definition) is 0. The topological polar surface area (TPSA) is 0 Å². The van der Waals surface area contributed by atoms with Crippen LogP contribution >= 0.6 is 0 Å². The Morgan fingerprint density at radius 1 is 0.619 bits per heavy atom. The average molecular weight is 272 g/mol. The molecule has 1 saturated carbocycles. The van der Waals surface area contributed by atoms with E-state index in [1.807, 2.05) is 0 Å². The van der Waals surface area contributed by atoms with Crippen LogP contribution in [0.15, 0.2) is 84.5 Å². The van der Waals surface area contributed by atoms with Crippen molar-refractivity contribution in [1.82, 2.24) is 0 Å². The van der Waals surface area contributed by atoms with Crippen LogP contribution in [0.1, 0.15) is 35.8 Å². The van der Waals surface area contributed by atoms with Gasteiger partial charge in [-0.2, -0.15) is 0 Å². The van der Waals surface area contributed by atoms with Crippen LogP contribution in [0.25, 0.3) is 0 Å². The van der Waals surface area contributed by atoms with Crippen LogP contribution in [0.5, 0.6) is 0 Å². The molecule has 0 nitrogen and oxygen atoms in total. The van der Waals surface area contributed by atoms with Crippen molar-refractivity contribution in [3.05, 3.63) is 95.6 Å². The third-order valence-electron chi connectivity index (χ3n) is 4.80. The van der Waals surface area contributed by atoms with Crippen molar-refractivity contribution < 1.29 is 0 Å². The Kier molecular flexibility index (Phi) is 3.23. The standard InChI is InChI=1S/C21H20/c1-4-10-16(11-5-1)19-20(17-12-6-2-7-13-17)21(19)18-14-8-3-9-15-18/h1-2,4-8,10-15,19-21H,3,9H2. The van der Waals surface area contributed by atoms with Crippen molar-refractivity contribution in [2.45, 2.75) is 24.7 Å². The summed E-state index contributed by atoms with van der Waals surface area (Å²) in [4.78, 5) is 0. The fourth-order valence-electron chi connectivity index (χ4n) is 3.79. The van der Waals surface area contributed by atoms with E-state index in [-0.39, 0.29) is 0 Å². The molecule has 0 saturated heterocycles. The molecule has 0 N–H and O–H groups in total. The van der Waals surface area contributed by atoms with Crippen LogP contribution in [0.4, 0.5) is 0 Å². The molecule has 0 aliphatic heterocycles. The van der Waals surface area contributed by atoms with E-state index >= 15 is 0 Å². The van der Waals surface area contributed by atoms with Gasteiger partial charge in [-0.25, -0.2) is 0 Å². The van der Waals surface area contributed by atoms with Crippen LogP contribution in [-0.4, -0.2) is 0 Å². The lowest BCUT2D eigenvalue weighted by Gasteiger charge is -2.06. The van der Waals surface area contributed by atoms with Crippen LogP contribution in [0.2, 0.25) is 0 Å². The highest BCUT2D eigenvalue weighted by Crippen LogP contribution is 2.64. The van der Waals surface area contributed by atoms with Crippen molar-refractivity contribution in [3.8, 4) is 0 Å². The molecule has 0 spiro atoms. The van der Waals surface area contributed by atoms with E-state index in [9.17, 15) is 0 Å². The average Bonchev–Trinajstić information content (AvgIpc) is 3.33. The summed E-state index contributed by atoms with van der Waals surface area (Å²) >= 11 is 0. The molecule has 2 unspecified atom stereocenters. The Balaban J connectivity index is 1.70. The molecule has 104 valence electrons. The van der Waals surface area contributed by atoms with Gasteiger partial charge in [0.25, 0.3) is 0 Å². The van der Waals surface area contributed by atoms with Gasteiger partial charge in [-0.1, -0.05) is 78.9 Å². The Labute approximate surface area is 126 Å². The lowest BCUT2D eigenvalue weighted by atomic mass is 9.99. The van der Waals surface area contributed by atoms with Gasteiger partial charge in [0.1, 0.15) is 0 Å². The first-order chi connectivity index (χ1) is 10.4. The second kappa shape index (κ2) is 5.37. The molecule has 2 aliphatic carbocycles. The maximum atomic E-state index is 2.45. The number of rotatable bonds is 3. The zero-order valence-electron chi connectivity index (χ0n) is 12.2. The zero-order valence-corrected chi connectivity index (χ0v) is 12.2. The minimum Gasteiger partial charge on any atom is -0.0840 e. The highest BCUT2D eigenvalue weighted by molar-refractivity contribution is 5.47. The maximum absolute atomic E-state index is 2.45. The first kappa shape index (κ1) is 12.6. The molecule has 0 heteroatoms. The van der Waals surface area contributed by atoms with Gasteiger partial charge in [-0.05, 0) is 47.3 Å². The molecule has 0 radical (unpaired) electrons. The predicted octanol–water partition coefficient (Wildman–Crippen LogP) is 5.46. The number of hydrogen-bond acceptors (Lipinski definition) is 0. The van der Waals surface area contributed by atoms with E-state index in [0.29, 0.717) is 17.8 Å². The molecule has 2 aromatic rings. The smallest absolute Gasteiger partial charge is 0.00122 e. The van der Waals surface area contributed by atoms with Crippen LogP contribution in [0, 0.1) is 5.92 Å². The normalized spacial score (nSPS) is 27.2. The van der Waals surface area contributed by atoms with Crippen LogP contribution in [0.3, 0.4) is 0 Å². The van der Waals surface area contributed by atoms with E-state index in [2.05, 4.69) is 78.9 Å². The SMILES string of the molecule is C1=CC(C2C(c3ccccc3)C2c2ccccc2)=CCC1. The predicted molar refractivity (Wildman–Crippen MR) is 88.3 cm³/mol. The molecule has 1 fully saturated rings. The van der Waals surface area contributed by atoms with Crippen molar-refractivity contribution >= 4 is 0 Å². The minimum atomic E-state index is 0.641. The largest absolute Gasteiger partial charge is 0.0840 e. The van der Waals surface area contributed by atoms with Crippen molar-refractivity contribution in [2.24, 2.45) is 5.92 Å². The molecule has 0 bridgehead atoms. The molecule has 21 heavy (non-hydrogen) atoms. The third-order valence-corrected chi connectivity index (χ3v) is 4.80. The van der Waals surface area contributed by atoms with Crippen molar-refractivity contribution in [3.63, 3.8) is 0 Å². The van der Waals surface area contributed by atoms with Crippen LogP contribution in [-0.2, 0) is 0 Å². The fraction of sp³-hybridized carbons (Fsp3) is 0.238. The van der Waals surface area contributed by atoms with Gasteiger partial charge in [0.15, 0.2) is 0 Å². The molecule has 4 rings (SSSR count). The lowest BCUT2D eigenvalue weighted by Crippen LogP contribution is -1.91. The number of benzene rings is 2. The summed E-state index contributed by atoms with van der Waals surface area (Å²) in [5, 5.41) is 0. The quantitative estimate of drug-likeness (QED) is 0.696. The summed E-state index contributed by atoms with van der Waals surface area (Å²) < 4.78 is 0. The molecule has 0 aromatic heterocycles. The first-order valence-corrected chi connectivity index (χ1v) is 7.91. The second-order valence-corrected chi connectivity index (χ2v) is 6.08. The Morgan fingerprint density at radius 2 is 1.19 bits per heavy atom. The Bertz CT molecular complexity index is 618. The van der Waals surface area contributed by atoms with Crippen LogP contribution < -0.4 is 0 Å². The fourth-order valence-corrected chi connectivity index (χ4v) is 3.79. The van der Waals surface area contributed by atoms with Gasteiger partial charge in [-0.3, -0.25) is 0 Å². The summed E-state index contributed by atoms with van der Waals surface area (Å²) in [6, 6.07) is 22.0. The summed E-state index contributed by atoms with van der Waals surface area (Å²) in [7, 11) is 0. The summed E-state index contributed by atoms with van der Waals surface area (Å²) in [5.74, 6) is 1.94. The molecule has 0 heterocycles. The third kappa shape index (κ3) is 2.35. The van der Waals surface area contributed by atoms with Gasteiger partial charge >= 0.3 is 0 Å². The van der Waals surface area contributed by atoms with E-state index in [1.165, 1.54) is 24.0 Å². The summed E-state index contributed by atoms with van der Waals surface area (Å²) in [6.07, 6.45) is 9.53. The van der Waals surface area contributed by atoms with Crippen molar-refractivity contribution in [1.29, 1.82) is 0 Å². The summed E-state index contributed by atoms with van der Waals surface area (Å²) in [5.41, 5.74) is 4.51. The maximum Gasteiger partial charge on any atom is -0.00122 e.